The minimum Gasteiger partial charge on any atom is -0.493 e. The third kappa shape index (κ3) is 5.52. The Morgan fingerprint density at radius 1 is 1.00 bits per heavy atom. The number of hydrogen-bond donors (Lipinski definition) is 1. The van der Waals surface area contributed by atoms with Gasteiger partial charge < -0.3 is 28.7 Å². The second-order valence-corrected chi connectivity index (χ2v) is 7.58. The summed E-state index contributed by atoms with van der Waals surface area (Å²) in [4.78, 5) is 12.6. The van der Waals surface area contributed by atoms with E-state index in [1.165, 1.54) is 0 Å². The fourth-order valence-electron chi connectivity index (χ4n) is 2.97. The first-order valence-corrected chi connectivity index (χ1v) is 10.3. The first-order chi connectivity index (χ1) is 14.9. The summed E-state index contributed by atoms with van der Waals surface area (Å²) in [6, 6.07) is 14.1. The fourth-order valence-corrected chi connectivity index (χ4v) is 3.23. The Morgan fingerprint density at radius 3 is 2.23 bits per heavy atom. The summed E-state index contributed by atoms with van der Waals surface area (Å²) in [5.74, 6) is 2.65. The maximum absolute atomic E-state index is 12.6. The number of halogens is 1. The van der Waals surface area contributed by atoms with Crippen molar-refractivity contribution in [2.24, 2.45) is 0 Å². The molecule has 0 aliphatic rings. The van der Waals surface area contributed by atoms with E-state index < -0.39 is 0 Å². The van der Waals surface area contributed by atoms with E-state index in [1.807, 2.05) is 31.2 Å². The van der Waals surface area contributed by atoms with Crippen LogP contribution in [0.4, 0.5) is 0 Å². The lowest BCUT2D eigenvalue weighted by Gasteiger charge is -2.18. The Labute approximate surface area is 189 Å². The van der Waals surface area contributed by atoms with Crippen molar-refractivity contribution in [2.75, 3.05) is 21.3 Å². The van der Waals surface area contributed by atoms with Gasteiger partial charge in [0.05, 0.1) is 27.4 Å². The summed E-state index contributed by atoms with van der Waals surface area (Å²) in [6.45, 7) is 2.08. The second-order valence-electron chi connectivity index (χ2n) is 6.66. The summed E-state index contributed by atoms with van der Waals surface area (Å²) in [5, 5.41) is 2.92. The van der Waals surface area contributed by atoms with Crippen molar-refractivity contribution in [3.63, 3.8) is 0 Å². The van der Waals surface area contributed by atoms with Gasteiger partial charge in [0.15, 0.2) is 17.3 Å². The molecular weight excluding hydrogens is 466 g/mol. The van der Waals surface area contributed by atoms with Crippen molar-refractivity contribution in [2.45, 2.75) is 19.6 Å². The average Bonchev–Trinajstić information content (AvgIpc) is 3.26. The molecular formula is C23H24BrNO6. The molecule has 1 N–H and O–H groups in total. The molecule has 3 rings (SSSR count). The Balaban J connectivity index is 1.65. The van der Waals surface area contributed by atoms with Crippen LogP contribution in [0.1, 0.15) is 34.8 Å². The van der Waals surface area contributed by atoms with Gasteiger partial charge in [0.1, 0.15) is 18.1 Å². The van der Waals surface area contributed by atoms with Crippen LogP contribution in [0.2, 0.25) is 0 Å². The van der Waals surface area contributed by atoms with Gasteiger partial charge in [-0.2, -0.15) is 0 Å². The number of methoxy groups -OCH3 is 3. The lowest BCUT2D eigenvalue weighted by Crippen LogP contribution is -2.26. The van der Waals surface area contributed by atoms with Gasteiger partial charge in [0.2, 0.25) is 5.75 Å². The van der Waals surface area contributed by atoms with E-state index in [2.05, 4.69) is 21.2 Å². The molecule has 31 heavy (non-hydrogen) atoms. The summed E-state index contributed by atoms with van der Waals surface area (Å²) in [5.41, 5.74) is 0.799. The average molecular weight is 490 g/mol. The lowest BCUT2D eigenvalue weighted by atomic mass is 10.1. The van der Waals surface area contributed by atoms with E-state index in [9.17, 15) is 4.79 Å². The van der Waals surface area contributed by atoms with Crippen LogP contribution in [0.25, 0.3) is 0 Å². The van der Waals surface area contributed by atoms with Crippen molar-refractivity contribution >= 4 is 21.8 Å². The SMILES string of the molecule is COc1cc(C(C)NC(=O)c2ccc(COc3ccc(Br)cc3)o2)cc(OC)c1OC. The van der Waals surface area contributed by atoms with Gasteiger partial charge in [-0.3, -0.25) is 4.79 Å². The number of ether oxygens (including phenoxy) is 4. The Hall–Kier alpha value is -3.13. The van der Waals surface area contributed by atoms with Crippen LogP contribution in [0.3, 0.4) is 0 Å². The van der Waals surface area contributed by atoms with Gasteiger partial charge in [-0.25, -0.2) is 0 Å². The zero-order valence-electron chi connectivity index (χ0n) is 17.7. The van der Waals surface area contributed by atoms with Gasteiger partial charge >= 0.3 is 0 Å². The topological polar surface area (TPSA) is 79.2 Å². The molecule has 1 amide bonds. The number of carbonyl (C=O) groups is 1. The molecule has 0 saturated carbocycles. The molecule has 1 atom stereocenters. The van der Waals surface area contributed by atoms with Crippen LogP contribution < -0.4 is 24.3 Å². The van der Waals surface area contributed by atoms with Crippen LogP contribution in [0.15, 0.2) is 57.4 Å². The first kappa shape index (κ1) is 22.6. The number of hydrogen-bond acceptors (Lipinski definition) is 6. The standard InChI is InChI=1S/C23H24BrNO6/c1-14(15-11-20(27-2)22(29-4)21(12-15)28-3)25-23(26)19-10-9-18(31-19)13-30-17-7-5-16(24)6-8-17/h5-12,14H,13H2,1-4H3,(H,25,26). The van der Waals surface area contributed by atoms with Gasteiger partial charge in [-0.15, -0.1) is 0 Å². The number of furan rings is 1. The van der Waals surface area contributed by atoms with E-state index in [1.54, 1.807) is 45.6 Å². The van der Waals surface area contributed by atoms with Crippen molar-refractivity contribution in [1.29, 1.82) is 0 Å². The number of amides is 1. The zero-order chi connectivity index (χ0) is 22.4. The van der Waals surface area contributed by atoms with E-state index in [-0.39, 0.29) is 24.3 Å². The number of rotatable bonds is 9. The number of carbonyl (C=O) groups excluding carboxylic acids is 1. The molecule has 8 heteroatoms. The largest absolute Gasteiger partial charge is 0.493 e. The molecule has 0 aliphatic heterocycles. The molecule has 1 heterocycles. The highest BCUT2D eigenvalue weighted by Gasteiger charge is 2.19. The van der Waals surface area contributed by atoms with E-state index in [4.69, 9.17) is 23.4 Å². The summed E-state index contributed by atoms with van der Waals surface area (Å²) < 4.78 is 28.4. The van der Waals surface area contributed by atoms with Crippen LogP contribution >= 0.6 is 15.9 Å². The highest BCUT2D eigenvalue weighted by Crippen LogP contribution is 2.39. The summed E-state index contributed by atoms with van der Waals surface area (Å²) in [7, 11) is 4.64. The molecule has 164 valence electrons. The van der Waals surface area contributed by atoms with Crippen molar-refractivity contribution < 1.29 is 28.2 Å². The molecule has 0 spiro atoms. The quantitative estimate of drug-likeness (QED) is 0.448. The normalized spacial score (nSPS) is 11.5. The predicted molar refractivity (Wildman–Crippen MR) is 119 cm³/mol. The molecule has 0 bridgehead atoms. The van der Waals surface area contributed by atoms with Crippen LogP contribution in [0.5, 0.6) is 23.0 Å². The predicted octanol–water partition coefficient (Wildman–Crippen LogP) is 5.14. The van der Waals surface area contributed by atoms with E-state index in [0.717, 1.165) is 10.0 Å². The Bertz CT molecular complexity index is 1010. The Morgan fingerprint density at radius 2 is 1.65 bits per heavy atom. The van der Waals surface area contributed by atoms with Crippen LogP contribution in [-0.2, 0) is 6.61 Å². The molecule has 3 aromatic rings. The highest BCUT2D eigenvalue weighted by molar-refractivity contribution is 9.10. The van der Waals surface area contributed by atoms with E-state index in [0.29, 0.717) is 28.8 Å². The minimum absolute atomic E-state index is 0.202. The Kier molecular flexibility index (Phi) is 7.46. The zero-order valence-corrected chi connectivity index (χ0v) is 19.3. The molecule has 0 saturated heterocycles. The smallest absolute Gasteiger partial charge is 0.287 e. The molecule has 1 aromatic heterocycles. The summed E-state index contributed by atoms with van der Waals surface area (Å²) >= 11 is 3.38. The third-order valence-electron chi connectivity index (χ3n) is 4.61. The molecule has 0 aliphatic carbocycles. The van der Waals surface area contributed by atoms with Crippen molar-refractivity contribution in [1.82, 2.24) is 5.32 Å². The maximum Gasteiger partial charge on any atom is 0.287 e. The van der Waals surface area contributed by atoms with E-state index >= 15 is 0 Å². The van der Waals surface area contributed by atoms with Crippen molar-refractivity contribution in [3.05, 3.63) is 70.1 Å². The van der Waals surface area contributed by atoms with Crippen LogP contribution in [-0.4, -0.2) is 27.2 Å². The number of nitrogens with one attached hydrogen (secondary N) is 1. The lowest BCUT2D eigenvalue weighted by molar-refractivity contribution is 0.0907. The molecule has 1 unspecified atom stereocenters. The van der Waals surface area contributed by atoms with Gasteiger partial charge in [0, 0.05) is 4.47 Å². The highest BCUT2D eigenvalue weighted by atomic mass is 79.9. The molecule has 7 nitrogen and oxygen atoms in total. The summed E-state index contributed by atoms with van der Waals surface area (Å²) in [6.07, 6.45) is 0. The van der Waals surface area contributed by atoms with Crippen molar-refractivity contribution in [3.8, 4) is 23.0 Å². The van der Waals surface area contributed by atoms with Crippen LogP contribution in [0, 0.1) is 0 Å². The fraction of sp³-hybridized carbons (Fsp3) is 0.261. The van der Waals surface area contributed by atoms with Gasteiger partial charge in [-0.1, -0.05) is 15.9 Å². The monoisotopic (exact) mass is 489 g/mol. The second kappa shape index (κ2) is 10.3. The van der Waals surface area contributed by atoms with Gasteiger partial charge in [-0.05, 0) is 61.0 Å². The molecule has 0 fully saturated rings. The van der Waals surface area contributed by atoms with Gasteiger partial charge in [0.25, 0.3) is 5.91 Å². The number of benzene rings is 2. The maximum atomic E-state index is 12.6. The minimum atomic E-state index is -0.337. The first-order valence-electron chi connectivity index (χ1n) is 9.53. The molecule has 2 aromatic carbocycles. The molecule has 0 radical (unpaired) electrons. The third-order valence-corrected chi connectivity index (χ3v) is 5.14.